The molecule has 31 heavy (non-hydrogen) atoms. The third-order valence-electron chi connectivity index (χ3n) is 3.77. The summed E-state index contributed by atoms with van der Waals surface area (Å²) in [5.74, 6) is -1.32. The Bertz CT molecular complexity index is 951. The van der Waals surface area contributed by atoms with Gasteiger partial charge in [-0.25, -0.2) is 0 Å². The number of rotatable bonds is 8. The number of aliphatic hydroxyl groups excluding tert-OH is 1. The fourth-order valence-corrected chi connectivity index (χ4v) is 3.12. The molecule has 4 N–H and O–H groups in total. The topological polar surface area (TPSA) is 99.7 Å². The predicted octanol–water partition coefficient (Wildman–Crippen LogP) is 5.01. The Kier molecular flexibility index (Phi) is 8.21. The molecule has 168 valence electrons. The van der Waals surface area contributed by atoms with Crippen molar-refractivity contribution in [3.63, 3.8) is 0 Å². The number of halogens is 4. The fraction of sp³-hybridized carbons (Fsp3) is 0.300. The molecule has 0 radical (unpaired) electrons. The van der Waals surface area contributed by atoms with Gasteiger partial charge in [0.25, 0.3) is 11.8 Å². The van der Waals surface area contributed by atoms with E-state index in [0.717, 1.165) is 0 Å². The van der Waals surface area contributed by atoms with E-state index < -0.39 is 23.5 Å². The number of hydrogen-bond donors (Lipinski definition) is 4. The average Bonchev–Trinajstić information content (AvgIpc) is 2.64. The Morgan fingerprint density at radius 1 is 1.13 bits per heavy atom. The van der Waals surface area contributed by atoms with Gasteiger partial charge in [-0.15, -0.1) is 8.78 Å². The molecule has 0 heterocycles. The third kappa shape index (κ3) is 7.64. The fourth-order valence-electron chi connectivity index (χ4n) is 2.45. The Morgan fingerprint density at radius 2 is 1.74 bits per heavy atom. The van der Waals surface area contributed by atoms with Crippen LogP contribution in [-0.2, 0) is 4.79 Å². The van der Waals surface area contributed by atoms with Crippen LogP contribution in [0.2, 0.25) is 0 Å². The summed E-state index contributed by atoms with van der Waals surface area (Å²) in [4.78, 5) is 24.7. The van der Waals surface area contributed by atoms with Gasteiger partial charge in [0.15, 0.2) is 0 Å². The van der Waals surface area contributed by atoms with E-state index >= 15 is 0 Å². The van der Waals surface area contributed by atoms with Gasteiger partial charge >= 0.3 is 5.57 Å². The first-order valence-electron chi connectivity index (χ1n) is 9.12. The van der Waals surface area contributed by atoms with Crippen LogP contribution in [0, 0.1) is 0 Å². The summed E-state index contributed by atoms with van der Waals surface area (Å²) in [5, 5.41) is 17.9. The summed E-state index contributed by atoms with van der Waals surface area (Å²) in [5.41, 5.74) is -2.47. The Morgan fingerprint density at radius 3 is 2.26 bits per heavy atom. The smallest absolute Gasteiger partial charge is 0.420 e. The van der Waals surface area contributed by atoms with Gasteiger partial charge in [0.05, 0.1) is 11.4 Å². The van der Waals surface area contributed by atoms with E-state index in [1.54, 1.807) is 6.07 Å². The average molecular weight is 521 g/mol. The number of alkyl halides is 3. The molecule has 0 saturated carbocycles. The highest BCUT2D eigenvalue weighted by Gasteiger charge is 2.27. The number of amides is 2. The lowest BCUT2D eigenvalue weighted by Gasteiger charge is -2.19. The minimum absolute atomic E-state index is 0.0271. The highest BCUT2D eigenvalue weighted by molar-refractivity contribution is 9.10. The first-order valence-corrected chi connectivity index (χ1v) is 10.3. The number of carbonyl (C=O) groups excluding carboxylic acids is 2. The van der Waals surface area contributed by atoms with Gasteiger partial charge < -0.3 is 25.8 Å². The van der Waals surface area contributed by atoms with E-state index in [1.165, 1.54) is 37.3 Å². The number of aliphatic hydroxyl groups is 1. The molecule has 0 aliphatic heterocycles. The van der Waals surface area contributed by atoms with E-state index in [2.05, 4.69) is 36.6 Å². The second kappa shape index (κ2) is 10.3. The Labute approximate surface area is 191 Å². The summed E-state index contributed by atoms with van der Waals surface area (Å²) in [6, 6.07) is 8.24. The maximum absolute atomic E-state index is 12.7. The number of hydrogen-bond acceptors (Lipinski definition) is 5. The molecule has 0 fully saturated rings. The van der Waals surface area contributed by atoms with Crippen LogP contribution >= 0.6 is 27.5 Å². The lowest BCUT2D eigenvalue weighted by Crippen LogP contribution is -2.26. The quantitative estimate of drug-likeness (QED) is 0.367. The minimum Gasteiger partial charge on any atom is -0.420 e. The molecule has 0 aliphatic carbocycles. The predicted molar refractivity (Wildman–Crippen MR) is 119 cm³/mol. The molecular formula is C20H21BrClF2N3O4. The van der Waals surface area contributed by atoms with E-state index in [9.17, 15) is 23.5 Å². The van der Waals surface area contributed by atoms with Crippen LogP contribution in [-0.4, -0.2) is 34.6 Å². The molecule has 2 amide bonds. The summed E-state index contributed by atoms with van der Waals surface area (Å²) in [6.45, 7) is 5.13. The van der Waals surface area contributed by atoms with Gasteiger partial charge in [-0.3, -0.25) is 9.59 Å². The van der Waals surface area contributed by atoms with E-state index in [-0.39, 0.29) is 17.4 Å². The van der Waals surface area contributed by atoms with Crippen molar-refractivity contribution in [2.75, 3.05) is 16.0 Å². The lowest BCUT2D eigenvalue weighted by molar-refractivity contribution is -0.123. The molecule has 0 spiro atoms. The molecule has 7 nitrogen and oxygen atoms in total. The van der Waals surface area contributed by atoms with Gasteiger partial charge in [0.1, 0.15) is 11.9 Å². The van der Waals surface area contributed by atoms with Gasteiger partial charge in [-0.2, -0.15) is 0 Å². The summed E-state index contributed by atoms with van der Waals surface area (Å²) >= 11 is 8.11. The number of carbonyl (C=O) groups is 2. The number of nitrogens with one attached hydrogen (secondary N) is 3. The monoisotopic (exact) mass is 519 g/mol. The SMILES string of the molecule is CC(C)Nc1c(Br)cc(C(=O)Nc2ccc(OC(F)(F)Cl)cc2)cc1NC(=O)C(C)O. The van der Waals surface area contributed by atoms with E-state index in [0.29, 0.717) is 21.5 Å². The maximum Gasteiger partial charge on any atom is 0.487 e. The first kappa shape index (κ1) is 24.8. The zero-order valence-electron chi connectivity index (χ0n) is 16.8. The largest absolute Gasteiger partial charge is 0.487 e. The molecule has 2 aromatic rings. The molecule has 0 aliphatic rings. The van der Waals surface area contributed by atoms with Gasteiger partial charge in [-0.05, 0) is 73.1 Å². The second-order valence-corrected chi connectivity index (χ2v) is 8.17. The summed E-state index contributed by atoms with van der Waals surface area (Å²) in [7, 11) is 0. The Hall–Kier alpha value is -2.43. The lowest BCUT2D eigenvalue weighted by atomic mass is 10.1. The van der Waals surface area contributed by atoms with Crippen molar-refractivity contribution in [1.82, 2.24) is 0 Å². The normalized spacial score (nSPS) is 12.3. The molecule has 1 atom stereocenters. The van der Waals surface area contributed by atoms with Gasteiger partial charge in [-0.1, -0.05) is 0 Å². The van der Waals surface area contributed by atoms with Crippen molar-refractivity contribution < 1.29 is 28.2 Å². The van der Waals surface area contributed by atoms with Crippen LogP contribution in [0.25, 0.3) is 0 Å². The molecule has 1 unspecified atom stereocenters. The van der Waals surface area contributed by atoms with Crippen molar-refractivity contribution in [2.45, 2.75) is 38.5 Å². The van der Waals surface area contributed by atoms with Crippen LogP contribution in [0.15, 0.2) is 40.9 Å². The molecule has 0 bridgehead atoms. The highest BCUT2D eigenvalue weighted by Crippen LogP contribution is 2.34. The number of benzene rings is 2. The zero-order chi connectivity index (χ0) is 23.3. The van der Waals surface area contributed by atoms with Crippen molar-refractivity contribution in [3.05, 3.63) is 46.4 Å². The molecular weight excluding hydrogens is 500 g/mol. The van der Waals surface area contributed by atoms with Crippen molar-refractivity contribution in [3.8, 4) is 5.75 Å². The summed E-state index contributed by atoms with van der Waals surface area (Å²) < 4.78 is 30.1. The van der Waals surface area contributed by atoms with E-state index in [4.69, 9.17) is 11.6 Å². The van der Waals surface area contributed by atoms with Crippen LogP contribution in [0.1, 0.15) is 31.1 Å². The van der Waals surface area contributed by atoms with Crippen molar-refractivity contribution in [1.29, 1.82) is 0 Å². The molecule has 2 rings (SSSR count). The minimum atomic E-state index is -3.84. The standard InChI is InChI=1S/C20H21BrClF2N3O4/c1-10(2)25-17-15(21)8-12(9-16(17)27-18(29)11(3)28)19(30)26-13-4-6-14(7-5-13)31-20(22,23)24/h4-11,25,28H,1-3H3,(H,26,30)(H,27,29). The first-order chi connectivity index (χ1) is 14.4. The molecule has 0 saturated heterocycles. The third-order valence-corrected chi connectivity index (χ3v) is 4.47. The van der Waals surface area contributed by atoms with Crippen molar-refractivity contribution in [2.24, 2.45) is 0 Å². The molecule has 0 aromatic heterocycles. The van der Waals surface area contributed by atoms with Crippen LogP contribution < -0.4 is 20.7 Å². The van der Waals surface area contributed by atoms with Gasteiger partial charge in [0.2, 0.25) is 0 Å². The molecule has 11 heteroatoms. The van der Waals surface area contributed by atoms with E-state index in [1.807, 2.05) is 13.8 Å². The van der Waals surface area contributed by atoms with Crippen LogP contribution in [0.4, 0.5) is 25.8 Å². The highest BCUT2D eigenvalue weighted by atomic mass is 79.9. The molecule has 2 aromatic carbocycles. The second-order valence-electron chi connectivity index (χ2n) is 6.87. The van der Waals surface area contributed by atoms with Crippen LogP contribution in [0.3, 0.4) is 0 Å². The summed E-state index contributed by atoms with van der Waals surface area (Å²) in [6.07, 6.45) is -1.25. The number of ether oxygens (including phenoxy) is 1. The van der Waals surface area contributed by atoms with Crippen molar-refractivity contribution >= 4 is 56.4 Å². The number of anilines is 3. The maximum atomic E-state index is 12.7. The van der Waals surface area contributed by atoms with Gasteiger partial charge in [0, 0.05) is 33.4 Å². The Balaban J connectivity index is 2.27. The zero-order valence-corrected chi connectivity index (χ0v) is 19.1. The van der Waals surface area contributed by atoms with Crippen LogP contribution in [0.5, 0.6) is 5.75 Å².